The number of carbonyl (C=O) groups is 2. The number of hydrogen-bond acceptors (Lipinski definition) is 5. The van der Waals surface area contributed by atoms with Crippen LogP contribution < -0.4 is 14.8 Å². The first-order chi connectivity index (χ1) is 14.7. The van der Waals surface area contributed by atoms with Crippen LogP contribution in [-0.4, -0.2) is 36.5 Å². The van der Waals surface area contributed by atoms with Gasteiger partial charge in [-0.15, -0.1) is 0 Å². The molecule has 0 atom stereocenters. The summed E-state index contributed by atoms with van der Waals surface area (Å²) in [4.78, 5) is 27.5. The summed E-state index contributed by atoms with van der Waals surface area (Å²) >= 11 is 1.45. The number of nitrogens with zero attached hydrogens (tertiary/aromatic N) is 1. The number of anilines is 1. The number of para-hydroxylation sites is 2. The van der Waals surface area contributed by atoms with E-state index in [9.17, 15) is 9.59 Å². The van der Waals surface area contributed by atoms with Gasteiger partial charge in [-0.3, -0.25) is 9.59 Å². The molecule has 1 aromatic heterocycles. The van der Waals surface area contributed by atoms with Crippen LogP contribution in [0.3, 0.4) is 0 Å². The smallest absolute Gasteiger partial charge is 0.256 e. The van der Waals surface area contributed by atoms with Crippen molar-refractivity contribution in [2.24, 2.45) is 0 Å². The molecule has 1 aliphatic heterocycles. The number of carbonyl (C=O) groups excluding carboxylic acids is 2. The molecule has 6 nitrogen and oxygen atoms in total. The van der Waals surface area contributed by atoms with Gasteiger partial charge in [-0.1, -0.05) is 24.3 Å². The fraction of sp³-hybridized carbons (Fsp3) is 0.217. The van der Waals surface area contributed by atoms with E-state index >= 15 is 0 Å². The minimum Gasteiger partial charge on any atom is -0.486 e. The van der Waals surface area contributed by atoms with Gasteiger partial charge in [-0.25, -0.2) is 0 Å². The molecule has 0 bridgehead atoms. The van der Waals surface area contributed by atoms with Crippen LogP contribution in [0.5, 0.6) is 11.5 Å². The second kappa shape index (κ2) is 9.00. The maximum absolute atomic E-state index is 13.3. The molecule has 0 radical (unpaired) electrons. The molecule has 154 valence electrons. The molecule has 3 aromatic rings. The van der Waals surface area contributed by atoms with Crippen molar-refractivity contribution in [2.75, 3.05) is 25.1 Å². The van der Waals surface area contributed by atoms with Gasteiger partial charge in [0.1, 0.15) is 13.2 Å². The summed E-state index contributed by atoms with van der Waals surface area (Å²) in [7, 11) is 0. The van der Waals surface area contributed by atoms with E-state index < -0.39 is 0 Å². The van der Waals surface area contributed by atoms with Crippen molar-refractivity contribution in [3.05, 3.63) is 76.0 Å². The van der Waals surface area contributed by atoms with Gasteiger partial charge in [0.25, 0.3) is 11.8 Å². The highest BCUT2D eigenvalue weighted by atomic mass is 32.1. The van der Waals surface area contributed by atoms with E-state index in [0.29, 0.717) is 54.6 Å². The van der Waals surface area contributed by atoms with E-state index in [2.05, 4.69) is 5.32 Å². The van der Waals surface area contributed by atoms with E-state index in [0.717, 1.165) is 5.56 Å². The Labute approximate surface area is 179 Å². The van der Waals surface area contributed by atoms with Crippen molar-refractivity contribution >= 4 is 28.8 Å². The molecule has 4 rings (SSSR count). The third kappa shape index (κ3) is 4.16. The average Bonchev–Trinajstić information content (AvgIpc) is 3.33. The summed E-state index contributed by atoms with van der Waals surface area (Å²) in [5, 5.41) is 6.48. The Kier molecular flexibility index (Phi) is 5.99. The van der Waals surface area contributed by atoms with Crippen LogP contribution in [0, 0.1) is 0 Å². The molecular weight excluding hydrogens is 400 g/mol. The van der Waals surface area contributed by atoms with Gasteiger partial charge in [0, 0.05) is 24.0 Å². The summed E-state index contributed by atoms with van der Waals surface area (Å²) < 4.78 is 11.4. The topological polar surface area (TPSA) is 67.9 Å². The van der Waals surface area contributed by atoms with Crippen molar-refractivity contribution < 1.29 is 19.1 Å². The van der Waals surface area contributed by atoms with E-state index in [1.807, 2.05) is 30.5 Å². The van der Waals surface area contributed by atoms with Crippen molar-refractivity contribution in [1.82, 2.24) is 4.90 Å². The van der Waals surface area contributed by atoms with Crippen LogP contribution in [0.25, 0.3) is 0 Å². The van der Waals surface area contributed by atoms with Crippen LogP contribution in [-0.2, 0) is 6.54 Å². The lowest BCUT2D eigenvalue weighted by Crippen LogP contribution is -2.31. The van der Waals surface area contributed by atoms with Crippen LogP contribution in [0.15, 0.2) is 59.3 Å². The van der Waals surface area contributed by atoms with Gasteiger partial charge < -0.3 is 19.7 Å². The lowest BCUT2D eigenvalue weighted by atomic mass is 10.1. The minimum atomic E-state index is -0.234. The largest absolute Gasteiger partial charge is 0.486 e. The lowest BCUT2D eigenvalue weighted by molar-refractivity contribution is 0.0750. The van der Waals surface area contributed by atoms with Crippen molar-refractivity contribution in [1.29, 1.82) is 0 Å². The SMILES string of the molecule is CCN(Cc1cccc2c1OCCO2)C(=O)c1ccccc1NC(=O)c1ccsc1. The van der Waals surface area contributed by atoms with Crippen molar-refractivity contribution in [3.63, 3.8) is 0 Å². The fourth-order valence-electron chi connectivity index (χ4n) is 3.33. The molecule has 0 saturated heterocycles. The zero-order valence-corrected chi connectivity index (χ0v) is 17.4. The number of benzene rings is 2. The normalized spacial score (nSPS) is 12.3. The second-order valence-corrected chi connectivity index (χ2v) is 7.55. The molecule has 1 N–H and O–H groups in total. The van der Waals surface area contributed by atoms with Crippen LogP contribution in [0.1, 0.15) is 33.2 Å². The van der Waals surface area contributed by atoms with E-state index in [4.69, 9.17) is 9.47 Å². The molecule has 0 saturated carbocycles. The standard InChI is InChI=1S/C23H22N2O4S/c1-2-25(14-16-6-5-9-20-21(16)29-12-11-28-20)23(27)18-7-3-4-8-19(18)24-22(26)17-10-13-30-15-17/h3-10,13,15H,2,11-12,14H2,1H3,(H,24,26). The van der Waals surface area contributed by atoms with Crippen LogP contribution in [0.2, 0.25) is 0 Å². The highest BCUT2D eigenvalue weighted by Gasteiger charge is 2.22. The van der Waals surface area contributed by atoms with Gasteiger partial charge in [0.05, 0.1) is 16.8 Å². The average molecular weight is 423 g/mol. The first-order valence-electron chi connectivity index (χ1n) is 9.76. The summed E-state index contributed by atoms with van der Waals surface area (Å²) in [6.45, 7) is 3.83. The number of fused-ring (bicyclic) bond motifs is 1. The Morgan fingerprint density at radius 2 is 1.90 bits per heavy atom. The Morgan fingerprint density at radius 3 is 2.70 bits per heavy atom. The summed E-state index contributed by atoms with van der Waals surface area (Å²) in [6.07, 6.45) is 0. The van der Waals surface area contributed by atoms with E-state index in [1.165, 1.54) is 11.3 Å². The highest BCUT2D eigenvalue weighted by molar-refractivity contribution is 7.08. The maximum atomic E-state index is 13.3. The van der Waals surface area contributed by atoms with Crippen molar-refractivity contribution in [3.8, 4) is 11.5 Å². The van der Waals surface area contributed by atoms with Crippen LogP contribution in [0.4, 0.5) is 5.69 Å². The zero-order valence-electron chi connectivity index (χ0n) is 16.6. The molecule has 0 spiro atoms. The monoisotopic (exact) mass is 422 g/mol. The Balaban J connectivity index is 1.57. The molecule has 0 fully saturated rings. The Hall–Kier alpha value is -3.32. The quantitative estimate of drug-likeness (QED) is 0.638. The minimum absolute atomic E-state index is 0.159. The van der Waals surface area contributed by atoms with Gasteiger partial charge in [0.2, 0.25) is 0 Å². The van der Waals surface area contributed by atoms with Gasteiger partial charge in [-0.05, 0) is 36.6 Å². The summed E-state index contributed by atoms with van der Waals surface area (Å²) in [5.41, 5.74) is 2.40. The molecule has 1 aliphatic rings. The first kappa shape index (κ1) is 20.0. The third-order valence-corrected chi connectivity index (χ3v) is 5.55. The first-order valence-corrected chi connectivity index (χ1v) is 10.7. The van der Waals surface area contributed by atoms with E-state index in [1.54, 1.807) is 40.6 Å². The third-order valence-electron chi connectivity index (χ3n) is 4.87. The Morgan fingerprint density at radius 1 is 1.07 bits per heavy atom. The van der Waals surface area contributed by atoms with Gasteiger partial charge in [0.15, 0.2) is 11.5 Å². The number of hydrogen-bond donors (Lipinski definition) is 1. The number of thiophene rings is 1. The predicted octanol–water partition coefficient (Wildman–Crippen LogP) is 4.43. The molecule has 7 heteroatoms. The highest BCUT2D eigenvalue weighted by Crippen LogP contribution is 2.34. The number of amides is 2. The molecule has 2 amide bonds. The molecule has 2 heterocycles. The zero-order chi connectivity index (χ0) is 20.9. The molecule has 0 aliphatic carbocycles. The van der Waals surface area contributed by atoms with E-state index in [-0.39, 0.29) is 11.8 Å². The number of rotatable bonds is 6. The van der Waals surface area contributed by atoms with Gasteiger partial charge in [-0.2, -0.15) is 11.3 Å². The summed E-state index contributed by atoms with van der Waals surface area (Å²) in [5.74, 6) is 0.995. The lowest BCUT2D eigenvalue weighted by Gasteiger charge is -2.26. The molecule has 2 aromatic carbocycles. The number of nitrogens with one attached hydrogen (secondary N) is 1. The number of ether oxygens (including phenoxy) is 2. The molecule has 30 heavy (non-hydrogen) atoms. The van der Waals surface area contributed by atoms with Gasteiger partial charge >= 0.3 is 0 Å². The molecular formula is C23H22N2O4S. The van der Waals surface area contributed by atoms with Crippen LogP contribution >= 0.6 is 11.3 Å². The summed E-state index contributed by atoms with van der Waals surface area (Å²) in [6, 6.07) is 14.5. The Bertz CT molecular complexity index is 1050. The maximum Gasteiger partial charge on any atom is 0.256 e. The molecule has 0 unspecified atom stereocenters. The fourth-order valence-corrected chi connectivity index (χ4v) is 3.96. The van der Waals surface area contributed by atoms with Crippen molar-refractivity contribution in [2.45, 2.75) is 13.5 Å². The predicted molar refractivity (Wildman–Crippen MR) is 117 cm³/mol. The second-order valence-electron chi connectivity index (χ2n) is 6.77.